The standard InChI is InChI=1S/C20H23N5O3/c1-4-28-20(27)17-13(2)18(24-14(17)3)19(26)22-9-15-6-5-7-16(8-15)10-25-12-21-11-23-25/h5-8,11-12,24H,4,9-10H2,1-3H3,(H,22,26). The SMILES string of the molecule is CCOC(=O)c1c(C)[nH]c(C(=O)NCc2cccc(Cn3cncn3)c2)c1C. The van der Waals surface area contributed by atoms with Gasteiger partial charge < -0.3 is 15.0 Å². The van der Waals surface area contributed by atoms with Crippen molar-refractivity contribution in [3.05, 3.63) is 70.6 Å². The number of esters is 1. The second-order valence-electron chi connectivity index (χ2n) is 6.44. The number of carbonyl (C=O) groups is 2. The third-order valence-corrected chi connectivity index (χ3v) is 4.40. The number of rotatable bonds is 7. The zero-order chi connectivity index (χ0) is 20.1. The molecule has 8 nitrogen and oxygen atoms in total. The Kier molecular flexibility index (Phi) is 5.88. The minimum absolute atomic E-state index is 0.266. The van der Waals surface area contributed by atoms with Crippen LogP contribution in [0, 0.1) is 13.8 Å². The highest BCUT2D eigenvalue weighted by atomic mass is 16.5. The fourth-order valence-electron chi connectivity index (χ4n) is 3.10. The number of benzene rings is 1. The van der Waals surface area contributed by atoms with E-state index in [0.717, 1.165) is 11.1 Å². The predicted octanol–water partition coefficient (Wildman–Crippen LogP) is 2.38. The lowest BCUT2D eigenvalue weighted by Crippen LogP contribution is -2.24. The molecule has 0 atom stereocenters. The minimum atomic E-state index is -0.423. The van der Waals surface area contributed by atoms with Crippen molar-refractivity contribution in [3.63, 3.8) is 0 Å². The van der Waals surface area contributed by atoms with E-state index in [1.807, 2.05) is 24.3 Å². The number of amides is 1. The van der Waals surface area contributed by atoms with Crippen LogP contribution in [0.25, 0.3) is 0 Å². The summed E-state index contributed by atoms with van der Waals surface area (Å²) >= 11 is 0. The molecule has 3 rings (SSSR count). The maximum Gasteiger partial charge on any atom is 0.340 e. The smallest absolute Gasteiger partial charge is 0.340 e. The molecule has 0 aliphatic carbocycles. The molecule has 0 radical (unpaired) electrons. The van der Waals surface area contributed by atoms with Crippen LogP contribution in [0.5, 0.6) is 0 Å². The second kappa shape index (κ2) is 8.51. The normalized spacial score (nSPS) is 10.7. The third kappa shape index (κ3) is 4.28. The van der Waals surface area contributed by atoms with Crippen molar-refractivity contribution < 1.29 is 14.3 Å². The number of hydrogen-bond donors (Lipinski definition) is 2. The largest absolute Gasteiger partial charge is 0.462 e. The van der Waals surface area contributed by atoms with E-state index >= 15 is 0 Å². The van der Waals surface area contributed by atoms with E-state index in [2.05, 4.69) is 20.4 Å². The van der Waals surface area contributed by atoms with Crippen LogP contribution < -0.4 is 5.32 Å². The van der Waals surface area contributed by atoms with Gasteiger partial charge in [0.05, 0.1) is 18.7 Å². The van der Waals surface area contributed by atoms with Gasteiger partial charge in [0.15, 0.2) is 0 Å². The van der Waals surface area contributed by atoms with Crippen LogP contribution in [0.15, 0.2) is 36.9 Å². The molecule has 1 amide bonds. The fraction of sp³-hybridized carbons (Fsp3) is 0.300. The van der Waals surface area contributed by atoms with Crippen molar-refractivity contribution in [1.29, 1.82) is 0 Å². The predicted molar refractivity (Wildman–Crippen MR) is 103 cm³/mol. The Labute approximate surface area is 162 Å². The van der Waals surface area contributed by atoms with Gasteiger partial charge in [0, 0.05) is 12.2 Å². The molecule has 0 aliphatic rings. The summed E-state index contributed by atoms with van der Waals surface area (Å²) in [5.74, 6) is -0.688. The molecule has 28 heavy (non-hydrogen) atoms. The average Bonchev–Trinajstić information content (AvgIpc) is 3.28. The Bertz CT molecular complexity index is 976. The highest BCUT2D eigenvalue weighted by Crippen LogP contribution is 2.19. The van der Waals surface area contributed by atoms with Crippen LogP contribution in [-0.4, -0.2) is 38.2 Å². The van der Waals surface area contributed by atoms with E-state index in [-0.39, 0.29) is 12.5 Å². The molecule has 0 bridgehead atoms. The van der Waals surface area contributed by atoms with Crippen LogP contribution in [0.3, 0.4) is 0 Å². The first-order valence-electron chi connectivity index (χ1n) is 9.04. The highest BCUT2D eigenvalue weighted by molar-refractivity contribution is 6.00. The first kappa shape index (κ1) is 19.3. The molecular formula is C20H23N5O3. The molecule has 0 unspecified atom stereocenters. The van der Waals surface area contributed by atoms with Gasteiger partial charge in [-0.1, -0.05) is 24.3 Å². The number of nitrogens with one attached hydrogen (secondary N) is 2. The Morgan fingerprint density at radius 2 is 2.04 bits per heavy atom. The number of aromatic amines is 1. The van der Waals surface area contributed by atoms with Gasteiger partial charge in [-0.2, -0.15) is 5.10 Å². The summed E-state index contributed by atoms with van der Waals surface area (Å²) in [5.41, 5.74) is 4.04. The molecular weight excluding hydrogens is 358 g/mol. The summed E-state index contributed by atoms with van der Waals surface area (Å²) in [6.45, 7) is 6.51. The number of ether oxygens (including phenoxy) is 1. The molecule has 0 saturated carbocycles. The number of aryl methyl sites for hydroxylation is 1. The summed E-state index contributed by atoms with van der Waals surface area (Å²) in [4.78, 5) is 31.6. The number of carbonyl (C=O) groups excluding carboxylic acids is 2. The van der Waals surface area contributed by atoms with Crippen LogP contribution >= 0.6 is 0 Å². The molecule has 2 N–H and O–H groups in total. The molecule has 0 aliphatic heterocycles. The van der Waals surface area contributed by atoms with Crippen molar-refractivity contribution >= 4 is 11.9 Å². The van der Waals surface area contributed by atoms with E-state index in [0.29, 0.717) is 35.6 Å². The monoisotopic (exact) mass is 381 g/mol. The summed E-state index contributed by atoms with van der Waals surface area (Å²) in [5, 5.41) is 6.99. The molecule has 0 saturated heterocycles. The van der Waals surface area contributed by atoms with Gasteiger partial charge in [-0.05, 0) is 37.5 Å². The van der Waals surface area contributed by atoms with Gasteiger partial charge in [0.2, 0.25) is 0 Å². The zero-order valence-electron chi connectivity index (χ0n) is 16.2. The molecule has 146 valence electrons. The van der Waals surface area contributed by atoms with E-state index in [1.54, 1.807) is 31.8 Å². The second-order valence-corrected chi connectivity index (χ2v) is 6.44. The summed E-state index contributed by atoms with van der Waals surface area (Å²) in [7, 11) is 0. The fourth-order valence-corrected chi connectivity index (χ4v) is 3.10. The van der Waals surface area contributed by atoms with Crippen LogP contribution in [-0.2, 0) is 17.8 Å². The molecule has 2 aromatic heterocycles. The van der Waals surface area contributed by atoms with Crippen molar-refractivity contribution in [2.75, 3.05) is 6.61 Å². The van der Waals surface area contributed by atoms with Gasteiger partial charge in [-0.15, -0.1) is 0 Å². The van der Waals surface area contributed by atoms with Crippen molar-refractivity contribution in [2.45, 2.75) is 33.9 Å². The Morgan fingerprint density at radius 1 is 1.25 bits per heavy atom. The molecule has 3 aromatic rings. The van der Waals surface area contributed by atoms with E-state index in [1.165, 1.54) is 6.33 Å². The van der Waals surface area contributed by atoms with Gasteiger partial charge in [-0.25, -0.2) is 14.5 Å². The van der Waals surface area contributed by atoms with Gasteiger partial charge in [0.25, 0.3) is 5.91 Å². The summed E-state index contributed by atoms with van der Waals surface area (Å²) in [6.07, 6.45) is 3.15. The molecule has 2 heterocycles. The molecule has 8 heteroatoms. The van der Waals surface area contributed by atoms with Crippen molar-refractivity contribution in [2.24, 2.45) is 0 Å². The van der Waals surface area contributed by atoms with Crippen LogP contribution in [0.1, 0.15) is 50.2 Å². The number of H-pyrrole nitrogens is 1. The lowest BCUT2D eigenvalue weighted by molar-refractivity contribution is 0.0525. The number of hydrogen-bond acceptors (Lipinski definition) is 5. The molecule has 1 aromatic carbocycles. The van der Waals surface area contributed by atoms with Gasteiger partial charge in [0.1, 0.15) is 18.3 Å². The van der Waals surface area contributed by atoms with Gasteiger partial charge >= 0.3 is 5.97 Å². The first-order valence-corrected chi connectivity index (χ1v) is 9.04. The average molecular weight is 381 g/mol. The van der Waals surface area contributed by atoms with E-state index < -0.39 is 5.97 Å². The van der Waals surface area contributed by atoms with E-state index in [9.17, 15) is 9.59 Å². The summed E-state index contributed by atoms with van der Waals surface area (Å²) in [6, 6.07) is 7.90. The topological polar surface area (TPSA) is 102 Å². The number of aromatic nitrogens is 4. The third-order valence-electron chi connectivity index (χ3n) is 4.40. The van der Waals surface area contributed by atoms with Crippen LogP contribution in [0.4, 0.5) is 0 Å². The maximum atomic E-state index is 12.6. The lowest BCUT2D eigenvalue weighted by Gasteiger charge is -2.08. The lowest BCUT2D eigenvalue weighted by atomic mass is 10.1. The van der Waals surface area contributed by atoms with Crippen LogP contribution in [0.2, 0.25) is 0 Å². The molecule has 0 fully saturated rings. The number of nitrogens with zero attached hydrogens (tertiary/aromatic N) is 3. The van der Waals surface area contributed by atoms with Crippen molar-refractivity contribution in [1.82, 2.24) is 25.1 Å². The Balaban J connectivity index is 1.68. The Morgan fingerprint density at radius 3 is 2.75 bits per heavy atom. The zero-order valence-corrected chi connectivity index (χ0v) is 16.2. The van der Waals surface area contributed by atoms with E-state index in [4.69, 9.17) is 4.74 Å². The first-order chi connectivity index (χ1) is 13.5. The highest BCUT2D eigenvalue weighted by Gasteiger charge is 2.22. The summed E-state index contributed by atoms with van der Waals surface area (Å²) < 4.78 is 6.80. The quantitative estimate of drug-likeness (QED) is 0.612. The van der Waals surface area contributed by atoms with Crippen molar-refractivity contribution in [3.8, 4) is 0 Å². The molecule has 0 spiro atoms. The van der Waals surface area contributed by atoms with Gasteiger partial charge in [-0.3, -0.25) is 4.79 Å². The Hall–Kier alpha value is -3.42. The minimum Gasteiger partial charge on any atom is -0.462 e. The maximum absolute atomic E-state index is 12.6.